The zero-order valence-electron chi connectivity index (χ0n) is 13.0. The van der Waals surface area contributed by atoms with Gasteiger partial charge >= 0.3 is 11.9 Å². The average Bonchev–Trinajstić information content (AvgIpc) is 2.56. The molecule has 1 aliphatic heterocycles. The third-order valence-electron chi connectivity index (χ3n) is 3.90. The van der Waals surface area contributed by atoms with E-state index in [2.05, 4.69) is 0 Å². The van der Waals surface area contributed by atoms with Gasteiger partial charge < -0.3 is 14.4 Å². The Bertz CT molecular complexity index is 651. The molecule has 1 aromatic rings. The molecule has 0 spiro atoms. The fourth-order valence-electron chi connectivity index (χ4n) is 2.80. The Morgan fingerprint density at radius 2 is 2.17 bits per heavy atom. The minimum absolute atomic E-state index is 0.232. The highest BCUT2D eigenvalue weighted by Gasteiger charge is 2.35. The summed E-state index contributed by atoms with van der Waals surface area (Å²) >= 11 is 6.85. The number of likely N-dealkylation sites (tertiary alicyclic amines) is 1. The zero-order chi connectivity index (χ0) is 17.7. The predicted octanol–water partition coefficient (Wildman–Crippen LogP) is 2.85. The van der Waals surface area contributed by atoms with E-state index in [4.69, 9.17) is 21.4 Å². The lowest BCUT2D eigenvalue weighted by Gasteiger charge is -2.37. The maximum atomic E-state index is 12.3. The summed E-state index contributed by atoms with van der Waals surface area (Å²) in [7, 11) is 1.30. The van der Waals surface area contributed by atoms with Gasteiger partial charge in [-0.1, -0.05) is 29.8 Å². The van der Waals surface area contributed by atoms with Crippen LogP contribution in [0.3, 0.4) is 0 Å². The van der Waals surface area contributed by atoms with Crippen molar-refractivity contribution in [1.29, 1.82) is 0 Å². The van der Waals surface area contributed by atoms with E-state index in [-0.39, 0.29) is 11.8 Å². The van der Waals surface area contributed by atoms with E-state index in [1.54, 1.807) is 24.3 Å². The first-order valence-electron chi connectivity index (χ1n) is 7.27. The molecule has 0 aliphatic carbocycles. The number of nitrogens with zero attached hydrogens (tertiary/aromatic N) is 1. The number of hydrogen-bond donors (Lipinski definition) is 2. The van der Waals surface area contributed by atoms with Gasteiger partial charge in [0.25, 0.3) is 0 Å². The summed E-state index contributed by atoms with van der Waals surface area (Å²) in [5, 5.41) is 9.16. The number of carbonyl (C=O) groups is 2. The molecule has 1 saturated heterocycles. The van der Waals surface area contributed by atoms with E-state index in [0.717, 1.165) is 6.08 Å². The van der Waals surface area contributed by atoms with Crippen LogP contribution in [0.2, 0.25) is 5.02 Å². The number of aliphatic carboxylic acids is 1. The van der Waals surface area contributed by atoms with E-state index in [1.807, 2.05) is 4.90 Å². The van der Waals surface area contributed by atoms with Crippen LogP contribution in [-0.4, -0.2) is 51.9 Å². The van der Waals surface area contributed by atoms with Crippen LogP contribution in [-0.2, 0) is 14.3 Å². The van der Waals surface area contributed by atoms with Crippen molar-refractivity contribution in [2.45, 2.75) is 17.7 Å². The molecule has 1 heterocycles. The van der Waals surface area contributed by atoms with Gasteiger partial charge in [0.05, 0.1) is 12.4 Å². The molecule has 0 bridgehead atoms. The number of ether oxygens (including phenoxy) is 1. The molecular weight excluding hydrogens is 354 g/mol. The number of methoxy groups -OCH3 is 1. The Morgan fingerprint density at radius 1 is 1.46 bits per heavy atom. The zero-order valence-corrected chi connectivity index (χ0v) is 14.6. The molecule has 130 valence electrons. The fourth-order valence-corrected chi connectivity index (χ4v) is 3.53. The Kier molecular flexibility index (Phi) is 6.68. The molecule has 0 saturated carbocycles. The minimum Gasteiger partial charge on any atom is -0.478 e. The number of hydrogen-bond acceptors (Lipinski definition) is 6. The number of carboxylic acid groups (broad SMARTS) is 1. The van der Waals surface area contributed by atoms with E-state index in [1.165, 1.54) is 7.11 Å². The quantitative estimate of drug-likeness (QED) is 0.467. The predicted molar refractivity (Wildman–Crippen MR) is 92.1 cm³/mol. The fraction of sp³-hybridized carbons (Fsp3) is 0.375. The summed E-state index contributed by atoms with van der Waals surface area (Å²) in [6.07, 6.45) is 1.60. The standard InChI is InChI=1S/C16H18ClNO5S/c1-23-16(21)15(11-4-2-3-5-12(11)17)18-7-6-13(24-22)10(9-18)8-14(19)20/h2-5,8,13,15,22H,6-7,9H2,1H3,(H,19,20)/t13?,15-/m1/s1. The summed E-state index contributed by atoms with van der Waals surface area (Å²) in [5.41, 5.74) is 1.15. The van der Waals surface area contributed by atoms with E-state index < -0.39 is 18.0 Å². The molecule has 2 rings (SSSR count). The summed E-state index contributed by atoms with van der Waals surface area (Å²) in [5.74, 6) is -1.55. The lowest BCUT2D eigenvalue weighted by molar-refractivity contribution is -0.147. The highest BCUT2D eigenvalue weighted by Crippen LogP contribution is 2.34. The molecule has 1 unspecified atom stereocenters. The topological polar surface area (TPSA) is 87.1 Å². The van der Waals surface area contributed by atoms with Gasteiger partial charge in [0.15, 0.2) is 0 Å². The number of esters is 1. The first-order chi connectivity index (χ1) is 11.5. The van der Waals surface area contributed by atoms with Crippen molar-refractivity contribution >= 4 is 35.6 Å². The number of carbonyl (C=O) groups excluding carboxylic acids is 1. The lowest BCUT2D eigenvalue weighted by atomic mass is 9.98. The van der Waals surface area contributed by atoms with E-state index >= 15 is 0 Å². The number of rotatable bonds is 5. The Morgan fingerprint density at radius 3 is 2.75 bits per heavy atom. The van der Waals surface area contributed by atoms with Gasteiger partial charge in [-0.15, -0.1) is 0 Å². The van der Waals surface area contributed by atoms with Gasteiger partial charge in [-0.25, -0.2) is 9.59 Å². The van der Waals surface area contributed by atoms with Crippen LogP contribution in [0.4, 0.5) is 0 Å². The maximum absolute atomic E-state index is 12.3. The second-order valence-electron chi connectivity index (χ2n) is 5.36. The summed E-state index contributed by atoms with van der Waals surface area (Å²) in [6, 6.07) is 6.26. The number of halogens is 1. The maximum Gasteiger partial charge on any atom is 0.328 e. The monoisotopic (exact) mass is 371 g/mol. The molecule has 2 atom stereocenters. The van der Waals surface area contributed by atoms with Crippen molar-refractivity contribution < 1.29 is 24.0 Å². The normalized spacial score (nSPS) is 21.5. The Balaban J connectivity index is 2.36. The summed E-state index contributed by atoms with van der Waals surface area (Å²) in [6.45, 7) is 0.732. The van der Waals surface area contributed by atoms with Crippen molar-refractivity contribution in [3.8, 4) is 0 Å². The lowest BCUT2D eigenvalue weighted by Crippen LogP contribution is -2.43. The molecule has 24 heavy (non-hydrogen) atoms. The minimum atomic E-state index is -1.08. The molecule has 1 fully saturated rings. The number of benzene rings is 1. The number of carboxylic acids is 1. The van der Waals surface area contributed by atoms with Crippen molar-refractivity contribution in [2.24, 2.45) is 0 Å². The van der Waals surface area contributed by atoms with Crippen molar-refractivity contribution in [1.82, 2.24) is 4.90 Å². The van der Waals surface area contributed by atoms with Crippen molar-refractivity contribution in [3.63, 3.8) is 0 Å². The largest absolute Gasteiger partial charge is 0.478 e. The van der Waals surface area contributed by atoms with Gasteiger partial charge in [0.2, 0.25) is 0 Å². The van der Waals surface area contributed by atoms with Crippen LogP contribution in [0, 0.1) is 0 Å². The molecule has 1 aromatic carbocycles. The van der Waals surface area contributed by atoms with Crippen molar-refractivity contribution in [3.05, 3.63) is 46.5 Å². The molecule has 0 radical (unpaired) electrons. The average molecular weight is 372 g/mol. The molecule has 8 heteroatoms. The summed E-state index contributed by atoms with van der Waals surface area (Å²) in [4.78, 5) is 25.2. The van der Waals surface area contributed by atoms with Gasteiger partial charge in [-0.2, -0.15) is 0 Å². The van der Waals surface area contributed by atoms with E-state index in [9.17, 15) is 14.1 Å². The van der Waals surface area contributed by atoms with Crippen LogP contribution in [0.1, 0.15) is 18.0 Å². The van der Waals surface area contributed by atoms with Crippen LogP contribution in [0.25, 0.3) is 0 Å². The summed E-state index contributed by atoms with van der Waals surface area (Å²) < 4.78 is 14.3. The van der Waals surface area contributed by atoms with Crippen molar-refractivity contribution in [2.75, 3.05) is 20.2 Å². The van der Waals surface area contributed by atoms with Crippen LogP contribution < -0.4 is 0 Å². The van der Waals surface area contributed by atoms with E-state index in [0.29, 0.717) is 41.2 Å². The van der Waals surface area contributed by atoms with Gasteiger partial charge in [-0.3, -0.25) is 4.90 Å². The Hall–Kier alpha value is -1.54. The second kappa shape index (κ2) is 8.53. The highest BCUT2D eigenvalue weighted by molar-refractivity contribution is 7.94. The molecule has 0 amide bonds. The van der Waals surface area contributed by atoms with Crippen LogP contribution >= 0.6 is 23.6 Å². The van der Waals surface area contributed by atoms with Gasteiger partial charge in [-0.05, 0) is 35.7 Å². The first kappa shape index (κ1) is 18.8. The molecule has 0 aromatic heterocycles. The molecular formula is C16H18ClNO5S. The third kappa shape index (κ3) is 4.30. The SMILES string of the molecule is COC(=O)[C@@H](c1ccccc1Cl)N1CCC(SO)C(=CC(=O)O)C1. The second-order valence-corrected chi connectivity index (χ2v) is 6.54. The van der Waals surface area contributed by atoms with Gasteiger partial charge in [0, 0.05) is 24.2 Å². The molecule has 1 aliphatic rings. The highest BCUT2D eigenvalue weighted by atomic mass is 35.5. The third-order valence-corrected chi connectivity index (χ3v) is 5.04. The van der Waals surface area contributed by atoms with Crippen LogP contribution in [0.5, 0.6) is 0 Å². The van der Waals surface area contributed by atoms with Crippen LogP contribution in [0.15, 0.2) is 35.9 Å². The number of piperidine rings is 1. The molecule has 6 nitrogen and oxygen atoms in total. The first-order valence-corrected chi connectivity index (χ1v) is 8.49. The smallest absolute Gasteiger partial charge is 0.328 e. The Labute approximate surface area is 149 Å². The molecule has 2 N–H and O–H groups in total. The van der Waals surface area contributed by atoms with Gasteiger partial charge in [0.1, 0.15) is 6.04 Å².